The number of rotatable bonds is 2. The van der Waals surface area contributed by atoms with Crippen LogP contribution in [-0.4, -0.2) is 51.8 Å². The second-order valence-electron chi connectivity index (χ2n) is 6.40. The molecular weight excluding hydrogens is 236 g/mol. The van der Waals surface area contributed by atoms with Gasteiger partial charge in [0.05, 0.1) is 6.20 Å². The maximum absolute atomic E-state index is 4.26. The molecule has 2 aliphatic rings. The van der Waals surface area contributed by atoms with Gasteiger partial charge in [-0.2, -0.15) is 5.10 Å². The van der Waals surface area contributed by atoms with E-state index >= 15 is 0 Å². The first-order valence-electron chi connectivity index (χ1n) is 7.59. The summed E-state index contributed by atoms with van der Waals surface area (Å²) in [6, 6.07) is 0. The van der Waals surface area contributed by atoms with Gasteiger partial charge >= 0.3 is 0 Å². The molecule has 1 spiro atoms. The molecule has 0 unspecified atom stereocenters. The number of likely N-dealkylation sites (tertiary alicyclic amines) is 2. The van der Waals surface area contributed by atoms with Crippen LogP contribution in [0.2, 0.25) is 0 Å². The zero-order valence-electron chi connectivity index (χ0n) is 12.3. The third kappa shape index (κ3) is 2.70. The highest BCUT2D eigenvalue weighted by molar-refractivity contribution is 5.04. The van der Waals surface area contributed by atoms with E-state index in [0.29, 0.717) is 5.54 Å². The van der Waals surface area contributed by atoms with E-state index < -0.39 is 0 Å². The van der Waals surface area contributed by atoms with Gasteiger partial charge in [0.15, 0.2) is 0 Å². The first-order valence-corrected chi connectivity index (χ1v) is 7.59. The highest BCUT2D eigenvalue weighted by atomic mass is 15.3. The smallest absolute Gasteiger partial charge is 0.0534 e. The van der Waals surface area contributed by atoms with Crippen LogP contribution >= 0.6 is 0 Å². The fourth-order valence-corrected chi connectivity index (χ4v) is 3.80. The van der Waals surface area contributed by atoms with Crippen LogP contribution in [0, 0.1) is 0 Å². The van der Waals surface area contributed by atoms with E-state index in [1.54, 1.807) is 0 Å². The van der Waals surface area contributed by atoms with Gasteiger partial charge in [-0.05, 0) is 39.3 Å². The molecule has 19 heavy (non-hydrogen) atoms. The summed E-state index contributed by atoms with van der Waals surface area (Å²) in [4.78, 5) is 5.22. The molecule has 106 valence electrons. The normalized spacial score (nSPS) is 24.9. The van der Waals surface area contributed by atoms with Crippen LogP contribution in [0.3, 0.4) is 0 Å². The quantitative estimate of drug-likeness (QED) is 0.813. The first kappa shape index (κ1) is 13.1. The van der Waals surface area contributed by atoms with Gasteiger partial charge in [0, 0.05) is 44.0 Å². The van der Waals surface area contributed by atoms with Gasteiger partial charge in [-0.25, -0.2) is 0 Å². The summed E-state index contributed by atoms with van der Waals surface area (Å²) < 4.78 is 1.90. The summed E-state index contributed by atoms with van der Waals surface area (Å²) in [5, 5.41) is 4.26. The van der Waals surface area contributed by atoms with E-state index in [2.05, 4.69) is 28.1 Å². The number of aromatic nitrogens is 2. The summed E-state index contributed by atoms with van der Waals surface area (Å²) in [5.74, 6) is 0. The fraction of sp³-hybridized carbons (Fsp3) is 0.800. The summed E-state index contributed by atoms with van der Waals surface area (Å²) in [7, 11) is 4.32. The minimum Gasteiger partial charge on any atom is -0.301 e. The summed E-state index contributed by atoms with van der Waals surface area (Å²) in [6.07, 6.45) is 11.0. The van der Waals surface area contributed by atoms with Crippen molar-refractivity contribution in [3.05, 3.63) is 18.0 Å². The lowest BCUT2D eigenvalue weighted by Gasteiger charge is -2.50. The molecule has 2 fully saturated rings. The molecule has 0 aromatic carbocycles. The minimum absolute atomic E-state index is 0.518. The van der Waals surface area contributed by atoms with Crippen LogP contribution in [0.15, 0.2) is 12.4 Å². The zero-order valence-corrected chi connectivity index (χ0v) is 12.3. The molecule has 0 bridgehead atoms. The molecule has 0 aliphatic carbocycles. The van der Waals surface area contributed by atoms with Gasteiger partial charge in [-0.1, -0.05) is 6.42 Å². The molecule has 2 aliphatic heterocycles. The molecule has 0 radical (unpaired) electrons. The van der Waals surface area contributed by atoms with E-state index in [1.165, 1.54) is 57.3 Å². The van der Waals surface area contributed by atoms with Crippen LogP contribution in [0.4, 0.5) is 0 Å². The van der Waals surface area contributed by atoms with Crippen LogP contribution in [-0.2, 0) is 13.6 Å². The molecule has 0 atom stereocenters. The Morgan fingerprint density at radius 3 is 2.53 bits per heavy atom. The Balaban J connectivity index is 1.57. The molecule has 1 aromatic heterocycles. The maximum atomic E-state index is 4.26. The topological polar surface area (TPSA) is 24.3 Å². The SMILES string of the molecule is CN1CCCCC12CCN(Cc1cnn(C)c1)CC2. The lowest BCUT2D eigenvalue weighted by Crippen LogP contribution is -2.55. The predicted octanol–water partition coefficient (Wildman–Crippen LogP) is 1.87. The Kier molecular flexibility index (Phi) is 3.63. The van der Waals surface area contributed by atoms with Gasteiger partial charge in [-0.3, -0.25) is 9.58 Å². The summed E-state index contributed by atoms with van der Waals surface area (Å²) in [5.41, 5.74) is 1.86. The molecular formula is C15H26N4. The fourth-order valence-electron chi connectivity index (χ4n) is 3.80. The van der Waals surface area contributed by atoms with E-state index in [4.69, 9.17) is 0 Å². The van der Waals surface area contributed by atoms with Crippen LogP contribution < -0.4 is 0 Å². The van der Waals surface area contributed by atoms with Crippen LogP contribution in [0.1, 0.15) is 37.7 Å². The average molecular weight is 262 g/mol. The number of hydrogen-bond acceptors (Lipinski definition) is 3. The predicted molar refractivity (Wildman–Crippen MR) is 76.9 cm³/mol. The molecule has 0 saturated carbocycles. The number of piperidine rings is 2. The molecule has 0 amide bonds. The molecule has 4 nitrogen and oxygen atoms in total. The van der Waals surface area contributed by atoms with Crippen molar-refractivity contribution in [2.24, 2.45) is 7.05 Å². The van der Waals surface area contributed by atoms with Gasteiger partial charge in [0.25, 0.3) is 0 Å². The summed E-state index contributed by atoms with van der Waals surface area (Å²) >= 11 is 0. The van der Waals surface area contributed by atoms with Crippen molar-refractivity contribution in [1.82, 2.24) is 19.6 Å². The highest BCUT2D eigenvalue weighted by Gasteiger charge is 2.39. The number of hydrogen-bond donors (Lipinski definition) is 0. The zero-order chi connectivity index (χ0) is 13.3. The Hall–Kier alpha value is -0.870. The third-order valence-electron chi connectivity index (χ3n) is 5.15. The largest absolute Gasteiger partial charge is 0.301 e. The van der Waals surface area contributed by atoms with Gasteiger partial charge in [0.1, 0.15) is 0 Å². The molecule has 3 rings (SSSR count). The second-order valence-corrected chi connectivity index (χ2v) is 6.40. The van der Waals surface area contributed by atoms with Crippen molar-refractivity contribution < 1.29 is 0 Å². The van der Waals surface area contributed by atoms with E-state index in [0.717, 1.165) is 6.54 Å². The van der Waals surface area contributed by atoms with Crippen LogP contribution in [0.5, 0.6) is 0 Å². The number of aryl methyl sites for hydroxylation is 1. The Morgan fingerprint density at radius 1 is 1.11 bits per heavy atom. The second kappa shape index (κ2) is 5.25. The monoisotopic (exact) mass is 262 g/mol. The van der Waals surface area contributed by atoms with E-state index in [1.807, 2.05) is 17.9 Å². The Morgan fingerprint density at radius 2 is 1.89 bits per heavy atom. The first-order chi connectivity index (χ1) is 9.18. The minimum atomic E-state index is 0.518. The van der Waals surface area contributed by atoms with Crippen molar-refractivity contribution >= 4 is 0 Å². The molecule has 0 N–H and O–H groups in total. The van der Waals surface area contributed by atoms with Gasteiger partial charge in [-0.15, -0.1) is 0 Å². The van der Waals surface area contributed by atoms with Gasteiger partial charge in [0.2, 0.25) is 0 Å². The van der Waals surface area contributed by atoms with Crippen molar-refractivity contribution in [3.63, 3.8) is 0 Å². The van der Waals surface area contributed by atoms with E-state index in [-0.39, 0.29) is 0 Å². The molecule has 3 heterocycles. The molecule has 4 heteroatoms. The van der Waals surface area contributed by atoms with Gasteiger partial charge < -0.3 is 4.90 Å². The Labute approximate surface area is 116 Å². The summed E-state index contributed by atoms with van der Waals surface area (Å²) in [6.45, 7) is 4.83. The molecule has 1 aromatic rings. The highest BCUT2D eigenvalue weighted by Crippen LogP contribution is 2.36. The number of nitrogens with zero attached hydrogens (tertiary/aromatic N) is 4. The lowest BCUT2D eigenvalue weighted by molar-refractivity contribution is 0.00819. The van der Waals surface area contributed by atoms with Crippen molar-refractivity contribution in [2.75, 3.05) is 26.7 Å². The third-order valence-corrected chi connectivity index (χ3v) is 5.15. The average Bonchev–Trinajstić information content (AvgIpc) is 2.81. The lowest BCUT2D eigenvalue weighted by atomic mass is 9.79. The maximum Gasteiger partial charge on any atom is 0.0534 e. The van der Waals surface area contributed by atoms with Crippen molar-refractivity contribution in [2.45, 2.75) is 44.2 Å². The van der Waals surface area contributed by atoms with E-state index in [9.17, 15) is 0 Å². The standard InChI is InChI=1S/C15H26N4/c1-17-8-4-3-5-15(17)6-9-19(10-7-15)13-14-11-16-18(2)12-14/h11-12H,3-10,13H2,1-2H3. The van der Waals surface area contributed by atoms with Crippen molar-refractivity contribution in [3.8, 4) is 0 Å². The Bertz CT molecular complexity index is 418. The van der Waals surface area contributed by atoms with Crippen LogP contribution in [0.25, 0.3) is 0 Å². The molecule has 2 saturated heterocycles. The van der Waals surface area contributed by atoms with Crippen molar-refractivity contribution in [1.29, 1.82) is 0 Å².